The monoisotopic (exact) mass is 307 g/mol. The fraction of sp³-hybridized carbons (Fsp3) is 0.500. The summed E-state index contributed by atoms with van der Waals surface area (Å²) in [4.78, 5) is 2.18. The Morgan fingerprint density at radius 1 is 1.14 bits per heavy atom. The van der Waals surface area contributed by atoms with Crippen molar-refractivity contribution in [2.24, 2.45) is 5.92 Å². The SMILES string of the molecule is CC(C)Cc1nnc([C@@H](C)N(C)Cc2ccc(Cl)cc2)o1. The molecule has 0 radical (unpaired) electrons. The Morgan fingerprint density at radius 2 is 1.81 bits per heavy atom. The minimum atomic E-state index is 0.0779. The molecular weight excluding hydrogens is 286 g/mol. The maximum absolute atomic E-state index is 5.90. The molecule has 0 aliphatic heterocycles. The molecule has 21 heavy (non-hydrogen) atoms. The van der Waals surface area contributed by atoms with E-state index < -0.39 is 0 Å². The molecule has 1 aromatic heterocycles. The topological polar surface area (TPSA) is 42.2 Å². The molecule has 0 fully saturated rings. The van der Waals surface area contributed by atoms with E-state index >= 15 is 0 Å². The second-order valence-corrected chi connectivity index (χ2v) is 6.29. The fourth-order valence-corrected chi connectivity index (χ4v) is 2.20. The van der Waals surface area contributed by atoms with Crippen molar-refractivity contribution in [1.29, 1.82) is 0 Å². The van der Waals surface area contributed by atoms with E-state index in [2.05, 4.69) is 35.9 Å². The van der Waals surface area contributed by atoms with E-state index in [1.165, 1.54) is 5.56 Å². The Hall–Kier alpha value is -1.39. The van der Waals surface area contributed by atoms with Crippen molar-refractivity contribution in [2.45, 2.75) is 39.8 Å². The van der Waals surface area contributed by atoms with Gasteiger partial charge in [-0.15, -0.1) is 10.2 Å². The molecule has 0 amide bonds. The van der Waals surface area contributed by atoms with Gasteiger partial charge >= 0.3 is 0 Å². The number of nitrogens with zero attached hydrogens (tertiary/aromatic N) is 3. The van der Waals surface area contributed by atoms with Crippen molar-refractivity contribution in [1.82, 2.24) is 15.1 Å². The van der Waals surface area contributed by atoms with Crippen LogP contribution in [0.4, 0.5) is 0 Å². The summed E-state index contributed by atoms with van der Waals surface area (Å²) < 4.78 is 5.75. The highest BCUT2D eigenvalue weighted by Crippen LogP contribution is 2.21. The minimum absolute atomic E-state index is 0.0779. The van der Waals surface area contributed by atoms with Crippen LogP contribution in [0, 0.1) is 5.92 Å². The van der Waals surface area contributed by atoms with Crippen LogP contribution in [-0.2, 0) is 13.0 Å². The predicted molar refractivity (Wildman–Crippen MR) is 84.2 cm³/mol. The average molecular weight is 308 g/mol. The summed E-state index contributed by atoms with van der Waals surface area (Å²) in [6, 6.07) is 7.95. The zero-order valence-electron chi connectivity index (χ0n) is 13.0. The van der Waals surface area contributed by atoms with Gasteiger partial charge in [0.2, 0.25) is 11.8 Å². The second kappa shape index (κ2) is 7.05. The lowest BCUT2D eigenvalue weighted by atomic mass is 10.1. The van der Waals surface area contributed by atoms with Crippen LogP contribution in [0.15, 0.2) is 28.7 Å². The lowest BCUT2D eigenvalue weighted by molar-refractivity contribution is 0.213. The lowest BCUT2D eigenvalue weighted by Crippen LogP contribution is -2.22. The van der Waals surface area contributed by atoms with Crippen molar-refractivity contribution in [3.05, 3.63) is 46.6 Å². The summed E-state index contributed by atoms with van der Waals surface area (Å²) in [7, 11) is 2.05. The van der Waals surface area contributed by atoms with Gasteiger partial charge in [-0.25, -0.2) is 0 Å². The third kappa shape index (κ3) is 4.55. The smallest absolute Gasteiger partial charge is 0.233 e. The van der Waals surface area contributed by atoms with Crippen LogP contribution in [0.1, 0.15) is 44.2 Å². The number of aromatic nitrogens is 2. The minimum Gasteiger partial charge on any atom is -0.424 e. The summed E-state index contributed by atoms with van der Waals surface area (Å²) in [6.07, 6.45) is 0.820. The number of benzene rings is 1. The van der Waals surface area contributed by atoms with Crippen LogP contribution in [0.3, 0.4) is 0 Å². The van der Waals surface area contributed by atoms with Crippen LogP contribution >= 0.6 is 11.6 Å². The van der Waals surface area contributed by atoms with Gasteiger partial charge in [0.05, 0.1) is 6.04 Å². The Balaban J connectivity index is 1.99. The fourth-order valence-electron chi connectivity index (χ4n) is 2.07. The molecule has 114 valence electrons. The molecule has 0 saturated heterocycles. The number of halogens is 1. The Labute approximate surface area is 131 Å². The maximum Gasteiger partial charge on any atom is 0.233 e. The van der Waals surface area contributed by atoms with Gasteiger partial charge < -0.3 is 4.42 Å². The molecule has 2 rings (SSSR count). The first kappa shape index (κ1) is 16.0. The first-order chi connectivity index (χ1) is 9.95. The zero-order valence-corrected chi connectivity index (χ0v) is 13.8. The summed E-state index contributed by atoms with van der Waals surface area (Å²) >= 11 is 5.90. The molecule has 0 bridgehead atoms. The molecule has 1 atom stereocenters. The molecule has 1 aromatic carbocycles. The van der Waals surface area contributed by atoms with Crippen LogP contribution in [-0.4, -0.2) is 22.1 Å². The van der Waals surface area contributed by atoms with Crippen LogP contribution in [0.25, 0.3) is 0 Å². The highest BCUT2D eigenvalue weighted by atomic mass is 35.5. The standard InChI is InChI=1S/C16H22ClN3O/c1-11(2)9-15-18-19-16(21-15)12(3)20(4)10-13-5-7-14(17)8-6-13/h5-8,11-12H,9-10H2,1-4H3/t12-/m1/s1. The van der Waals surface area contributed by atoms with Gasteiger partial charge in [-0.05, 0) is 37.6 Å². The molecule has 2 aromatic rings. The number of hydrogen-bond acceptors (Lipinski definition) is 4. The van der Waals surface area contributed by atoms with Gasteiger partial charge in [0.15, 0.2) is 0 Å². The summed E-state index contributed by atoms with van der Waals surface area (Å²) in [6.45, 7) is 7.16. The molecule has 0 N–H and O–H groups in total. The van der Waals surface area contributed by atoms with E-state index in [1.54, 1.807) is 0 Å². The van der Waals surface area contributed by atoms with Gasteiger partial charge in [0.1, 0.15) is 0 Å². The summed E-state index contributed by atoms with van der Waals surface area (Å²) in [5.74, 6) is 1.90. The molecule has 0 saturated carbocycles. The van der Waals surface area contributed by atoms with E-state index in [4.69, 9.17) is 16.0 Å². The van der Waals surface area contributed by atoms with Gasteiger partial charge in [0.25, 0.3) is 0 Å². The average Bonchev–Trinajstić information content (AvgIpc) is 2.88. The van der Waals surface area contributed by atoms with Crippen molar-refractivity contribution < 1.29 is 4.42 Å². The van der Waals surface area contributed by atoms with E-state index in [1.807, 2.05) is 31.3 Å². The highest BCUT2D eigenvalue weighted by molar-refractivity contribution is 6.30. The summed E-state index contributed by atoms with van der Waals surface area (Å²) in [5, 5.41) is 9.04. The zero-order chi connectivity index (χ0) is 15.4. The Morgan fingerprint density at radius 3 is 2.43 bits per heavy atom. The van der Waals surface area contributed by atoms with Gasteiger partial charge in [-0.2, -0.15) is 0 Å². The molecule has 0 unspecified atom stereocenters. The lowest BCUT2D eigenvalue weighted by Gasteiger charge is -2.21. The van der Waals surface area contributed by atoms with E-state index in [0.29, 0.717) is 17.7 Å². The quantitative estimate of drug-likeness (QED) is 0.805. The first-order valence-corrected chi connectivity index (χ1v) is 7.60. The number of rotatable bonds is 6. The third-order valence-electron chi connectivity index (χ3n) is 3.43. The normalized spacial score (nSPS) is 13.1. The molecule has 1 heterocycles. The predicted octanol–water partition coefficient (Wildman–Crippen LogP) is 4.11. The third-order valence-corrected chi connectivity index (χ3v) is 3.68. The largest absolute Gasteiger partial charge is 0.424 e. The van der Waals surface area contributed by atoms with Gasteiger partial charge in [-0.3, -0.25) is 4.90 Å². The van der Waals surface area contributed by atoms with Crippen LogP contribution in [0.5, 0.6) is 0 Å². The van der Waals surface area contributed by atoms with Crippen molar-refractivity contribution in [3.8, 4) is 0 Å². The molecular formula is C16H22ClN3O. The van der Waals surface area contributed by atoms with E-state index in [9.17, 15) is 0 Å². The van der Waals surface area contributed by atoms with Crippen molar-refractivity contribution in [3.63, 3.8) is 0 Å². The van der Waals surface area contributed by atoms with E-state index in [-0.39, 0.29) is 6.04 Å². The molecule has 4 nitrogen and oxygen atoms in total. The van der Waals surface area contributed by atoms with Crippen molar-refractivity contribution in [2.75, 3.05) is 7.05 Å². The molecule has 0 spiro atoms. The second-order valence-electron chi connectivity index (χ2n) is 5.85. The molecule has 0 aliphatic rings. The Bertz CT molecular complexity index is 565. The van der Waals surface area contributed by atoms with Crippen LogP contribution in [0.2, 0.25) is 5.02 Å². The number of hydrogen-bond donors (Lipinski definition) is 0. The molecule has 5 heteroatoms. The van der Waals surface area contributed by atoms with Gasteiger partial charge in [-0.1, -0.05) is 37.6 Å². The highest BCUT2D eigenvalue weighted by Gasteiger charge is 2.19. The maximum atomic E-state index is 5.90. The summed E-state index contributed by atoms with van der Waals surface area (Å²) in [5.41, 5.74) is 1.20. The first-order valence-electron chi connectivity index (χ1n) is 7.22. The molecule has 0 aliphatic carbocycles. The van der Waals surface area contributed by atoms with Gasteiger partial charge in [0, 0.05) is 18.0 Å². The van der Waals surface area contributed by atoms with E-state index in [0.717, 1.165) is 18.0 Å². The van der Waals surface area contributed by atoms with Crippen molar-refractivity contribution >= 4 is 11.6 Å². The Kier molecular flexibility index (Phi) is 5.37. The van der Waals surface area contributed by atoms with Crippen LogP contribution < -0.4 is 0 Å².